The highest BCUT2D eigenvalue weighted by Crippen LogP contribution is 2.47. The van der Waals surface area contributed by atoms with E-state index in [9.17, 15) is 14.3 Å². The average Bonchev–Trinajstić information content (AvgIpc) is 3.71. The first-order valence-corrected chi connectivity index (χ1v) is 16.5. The summed E-state index contributed by atoms with van der Waals surface area (Å²) in [7, 11) is 2.12. The van der Waals surface area contributed by atoms with Crippen molar-refractivity contribution in [2.75, 3.05) is 26.7 Å². The molecule has 0 radical (unpaired) electrons. The highest BCUT2D eigenvalue weighted by Gasteiger charge is 2.31. The predicted octanol–water partition coefficient (Wildman–Crippen LogP) is 6.61. The van der Waals surface area contributed by atoms with Gasteiger partial charge in [-0.3, -0.25) is 9.48 Å². The van der Waals surface area contributed by atoms with Gasteiger partial charge in [-0.1, -0.05) is 18.7 Å². The van der Waals surface area contributed by atoms with E-state index in [-0.39, 0.29) is 29.9 Å². The molecule has 47 heavy (non-hydrogen) atoms. The van der Waals surface area contributed by atoms with Gasteiger partial charge in [0.1, 0.15) is 35.4 Å². The van der Waals surface area contributed by atoms with Crippen LogP contribution in [0.3, 0.4) is 0 Å². The molecule has 7 rings (SSSR count). The highest BCUT2D eigenvalue weighted by molar-refractivity contribution is 7.18. The number of fused-ring (bicyclic) bond motifs is 3. The lowest BCUT2D eigenvalue weighted by molar-refractivity contribution is -0.129. The lowest BCUT2D eigenvalue weighted by atomic mass is 9.93. The number of pyridine rings is 1. The second-order valence-corrected chi connectivity index (χ2v) is 13.2. The van der Waals surface area contributed by atoms with Crippen LogP contribution in [0, 0.1) is 11.6 Å². The monoisotopic (exact) mass is 655 g/mol. The summed E-state index contributed by atoms with van der Waals surface area (Å²) < 4.78 is 39.2. The number of likely N-dealkylation sites (N-methyl/N-ethyl adjacent to an activating group) is 1. The Labute approximate surface area is 275 Å². The molecule has 5 heterocycles. The molecule has 2 aromatic carbocycles. The number of hydrogen-bond acceptors (Lipinski definition) is 7. The van der Waals surface area contributed by atoms with E-state index in [2.05, 4.69) is 36.7 Å². The number of rotatable bonds is 7. The van der Waals surface area contributed by atoms with Crippen LogP contribution in [-0.2, 0) is 24.3 Å². The van der Waals surface area contributed by atoms with Crippen molar-refractivity contribution in [3.05, 3.63) is 89.0 Å². The molecule has 3 aromatic heterocycles. The Morgan fingerprint density at radius 2 is 1.96 bits per heavy atom. The second-order valence-electron chi connectivity index (χ2n) is 12.3. The molecule has 2 aliphatic rings. The van der Waals surface area contributed by atoms with E-state index < -0.39 is 17.7 Å². The van der Waals surface area contributed by atoms with E-state index >= 15 is 4.39 Å². The zero-order valence-corrected chi connectivity index (χ0v) is 27.3. The summed E-state index contributed by atoms with van der Waals surface area (Å²) in [5.74, 6) is -1.81. The van der Waals surface area contributed by atoms with Gasteiger partial charge < -0.3 is 19.6 Å². The molecule has 1 N–H and O–H groups in total. The lowest BCUT2D eigenvalue weighted by Crippen LogP contribution is -2.40. The number of carbonyl (C=O) groups excluding carboxylic acids is 1. The number of nitrogens with zero attached hydrogens (tertiary/aromatic N) is 5. The van der Waals surface area contributed by atoms with Crippen LogP contribution in [-0.4, -0.2) is 68.4 Å². The van der Waals surface area contributed by atoms with Crippen molar-refractivity contribution >= 4 is 27.3 Å². The van der Waals surface area contributed by atoms with Gasteiger partial charge >= 0.3 is 0 Å². The fraction of sp³-hybridized carbons (Fsp3) is 0.306. The van der Waals surface area contributed by atoms with Crippen molar-refractivity contribution in [2.45, 2.75) is 45.5 Å². The largest absolute Gasteiger partial charge is 0.490 e. The minimum atomic E-state index is -0.859. The van der Waals surface area contributed by atoms with Crippen LogP contribution in [0.1, 0.15) is 36.7 Å². The van der Waals surface area contributed by atoms with E-state index in [0.29, 0.717) is 30.0 Å². The number of ether oxygens (including phenoxy) is 1. The Morgan fingerprint density at radius 3 is 2.74 bits per heavy atom. The summed E-state index contributed by atoms with van der Waals surface area (Å²) in [6.45, 7) is 9.75. The average molecular weight is 656 g/mol. The maximum atomic E-state index is 16.1. The quantitative estimate of drug-likeness (QED) is 0.199. The molecule has 5 aromatic rings. The Hall–Kier alpha value is -4.45. The summed E-state index contributed by atoms with van der Waals surface area (Å²) in [5, 5.41) is 17.7. The molecular weight excluding hydrogens is 620 g/mol. The topological polar surface area (TPSA) is 83.7 Å². The Kier molecular flexibility index (Phi) is 8.15. The first-order chi connectivity index (χ1) is 22.6. The number of aromatic nitrogens is 3. The number of benzene rings is 2. The summed E-state index contributed by atoms with van der Waals surface area (Å²) in [6.07, 6.45) is 1.37. The summed E-state index contributed by atoms with van der Waals surface area (Å²) >= 11 is 1.43. The van der Waals surface area contributed by atoms with Crippen molar-refractivity contribution in [2.24, 2.45) is 0 Å². The predicted molar refractivity (Wildman–Crippen MR) is 179 cm³/mol. The molecule has 0 spiro atoms. The van der Waals surface area contributed by atoms with Crippen LogP contribution >= 0.6 is 11.3 Å². The van der Waals surface area contributed by atoms with E-state index in [1.54, 1.807) is 11.8 Å². The van der Waals surface area contributed by atoms with Crippen LogP contribution in [0.4, 0.5) is 8.78 Å². The maximum absolute atomic E-state index is 16.1. The molecule has 11 heteroatoms. The Balaban J connectivity index is 1.48. The van der Waals surface area contributed by atoms with E-state index in [0.717, 1.165) is 58.7 Å². The van der Waals surface area contributed by atoms with Gasteiger partial charge in [-0.05, 0) is 68.1 Å². The number of aliphatic hydroxyl groups is 1. The molecule has 2 aliphatic heterocycles. The zero-order chi connectivity index (χ0) is 33.0. The number of thiophene rings is 1. The van der Waals surface area contributed by atoms with Crippen molar-refractivity contribution in [3.8, 4) is 39.5 Å². The number of carbonyl (C=O) groups is 1. The minimum Gasteiger partial charge on any atom is -0.490 e. The first-order valence-electron chi connectivity index (χ1n) is 15.7. The normalized spacial score (nSPS) is 17.0. The third-order valence-electron chi connectivity index (χ3n) is 9.00. The van der Waals surface area contributed by atoms with Gasteiger partial charge in [0, 0.05) is 53.0 Å². The minimum absolute atomic E-state index is 0.0353. The molecule has 2 atom stereocenters. The molecule has 0 saturated heterocycles. The van der Waals surface area contributed by atoms with Crippen molar-refractivity contribution < 1.29 is 23.4 Å². The third-order valence-corrected chi connectivity index (χ3v) is 9.93. The standard InChI is InChI=1S/C36H35F2N5O3S/c1-5-31(45)42-11-12-43-29(21(42)3)17-28(40-43)35-33(32-27(38)15-25(37)16-30(32)46-19-20(2)44)36-26(9-13-47-36)34(39-35)23-6-7-24-18-41(4)10-8-22(24)14-23/h5-7,9,13-17,20-21,44H,1,8,10-12,18-19H2,2-4H3/t20-,21+/m1/s1. The van der Waals surface area contributed by atoms with Gasteiger partial charge in [-0.2, -0.15) is 5.10 Å². The molecule has 8 nitrogen and oxygen atoms in total. The fourth-order valence-corrected chi connectivity index (χ4v) is 7.61. The lowest BCUT2D eigenvalue weighted by Gasteiger charge is -2.33. The van der Waals surface area contributed by atoms with Crippen molar-refractivity contribution in [1.82, 2.24) is 24.6 Å². The first kappa shape index (κ1) is 31.2. The smallest absolute Gasteiger partial charge is 0.246 e. The van der Waals surface area contributed by atoms with Crippen LogP contribution in [0.2, 0.25) is 0 Å². The van der Waals surface area contributed by atoms with Crippen LogP contribution < -0.4 is 4.74 Å². The van der Waals surface area contributed by atoms with Crippen molar-refractivity contribution in [3.63, 3.8) is 0 Å². The summed E-state index contributed by atoms with van der Waals surface area (Å²) in [5.41, 5.74) is 6.42. The number of hydrogen-bond donors (Lipinski definition) is 1. The third kappa shape index (κ3) is 5.62. The fourth-order valence-electron chi connectivity index (χ4n) is 6.66. The van der Waals surface area contributed by atoms with Gasteiger partial charge in [0.2, 0.25) is 5.91 Å². The Morgan fingerprint density at radius 1 is 1.13 bits per heavy atom. The van der Waals surface area contributed by atoms with Gasteiger partial charge in [0.25, 0.3) is 0 Å². The Bertz CT molecular complexity index is 2040. The molecule has 0 bridgehead atoms. The maximum Gasteiger partial charge on any atom is 0.246 e. The molecule has 0 fully saturated rings. The summed E-state index contributed by atoms with van der Waals surface area (Å²) in [6, 6.07) is 12.0. The van der Waals surface area contributed by atoms with Crippen LogP contribution in [0.25, 0.3) is 43.9 Å². The molecular formula is C36H35F2N5O3S. The van der Waals surface area contributed by atoms with E-state index in [1.165, 1.54) is 28.5 Å². The second kappa shape index (κ2) is 12.3. The molecule has 1 amide bonds. The molecule has 242 valence electrons. The van der Waals surface area contributed by atoms with Crippen LogP contribution in [0.15, 0.2) is 60.5 Å². The molecule has 0 aliphatic carbocycles. The number of halogens is 2. The van der Waals surface area contributed by atoms with Crippen LogP contribution in [0.5, 0.6) is 5.75 Å². The van der Waals surface area contributed by atoms with E-state index in [1.807, 2.05) is 29.1 Å². The SMILES string of the molecule is C=CC(=O)N1CCn2nc(-c3nc(-c4ccc5c(c4)CCN(C)C5)c4ccsc4c3-c3c(F)cc(F)cc3OC[C@@H](C)O)cc2[C@@H]1C. The van der Waals surface area contributed by atoms with Gasteiger partial charge in [-0.15, -0.1) is 11.3 Å². The number of amides is 1. The van der Waals surface area contributed by atoms with Crippen molar-refractivity contribution in [1.29, 1.82) is 0 Å². The summed E-state index contributed by atoms with van der Waals surface area (Å²) in [4.78, 5) is 21.9. The number of aliphatic hydroxyl groups excluding tert-OH is 1. The zero-order valence-electron chi connectivity index (χ0n) is 26.5. The van der Waals surface area contributed by atoms with Gasteiger partial charge in [0.15, 0.2) is 0 Å². The molecule has 0 unspecified atom stereocenters. The van der Waals surface area contributed by atoms with Gasteiger partial charge in [0.05, 0.1) is 35.6 Å². The highest BCUT2D eigenvalue weighted by atomic mass is 32.1. The molecule has 0 saturated carbocycles. The van der Waals surface area contributed by atoms with Gasteiger partial charge in [-0.25, -0.2) is 13.8 Å². The van der Waals surface area contributed by atoms with E-state index in [4.69, 9.17) is 14.8 Å².